The molecular weight excluding hydrogens is 372 g/mol. The number of rotatable bonds is 0. The summed E-state index contributed by atoms with van der Waals surface area (Å²) >= 11 is 0. The molecule has 0 aromatic carbocycles. The van der Waals surface area contributed by atoms with E-state index in [2.05, 4.69) is 0 Å². The van der Waals surface area contributed by atoms with Gasteiger partial charge in [-0.2, -0.15) is 0 Å². The van der Waals surface area contributed by atoms with E-state index in [1.807, 2.05) is 0 Å². The van der Waals surface area contributed by atoms with Crippen LogP contribution in [0.4, 0.5) is 0 Å². The zero-order valence-electron chi connectivity index (χ0n) is 15.1. The van der Waals surface area contributed by atoms with Gasteiger partial charge in [-0.05, 0) is 41.5 Å². The maximum absolute atomic E-state index is 8.89. The van der Waals surface area contributed by atoms with Crippen LogP contribution < -0.4 is 30.6 Å². The van der Waals surface area contributed by atoms with E-state index in [0.717, 1.165) is 41.5 Å². The second-order valence-corrected chi connectivity index (χ2v) is 2.95. The van der Waals surface area contributed by atoms with Gasteiger partial charge in [0.05, 0.1) is 0 Å². The summed E-state index contributed by atoms with van der Waals surface area (Å²) in [6.45, 7) is 5.83. The molecule has 0 aliphatic heterocycles. The molecule has 0 aromatic rings. The van der Waals surface area contributed by atoms with Crippen LogP contribution in [-0.4, -0.2) is 58.9 Å². The van der Waals surface area contributed by atoms with Crippen molar-refractivity contribution >= 4 is 58.9 Å². The van der Waals surface area contributed by atoms with Crippen LogP contribution in [0, 0.1) is 7.43 Å². The van der Waals surface area contributed by atoms with Gasteiger partial charge in [-0.1, -0.05) is 0 Å². The zero-order valence-corrected chi connectivity index (χ0v) is 16.5. The van der Waals surface area contributed by atoms with Gasteiger partial charge in [0.25, 0.3) is 0 Å². The Hall–Kier alpha value is -2.41. The molecule has 0 unspecified atom stereocenters. The van der Waals surface area contributed by atoms with E-state index in [9.17, 15) is 0 Å². The summed E-state index contributed by atoms with van der Waals surface area (Å²) in [6, 6.07) is 0. The predicted octanol–water partition coefficient (Wildman–Crippen LogP) is -7.76. The van der Waals surface area contributed by atoms with Gasteiger partial charge in [-0.25, -0.2) is 0 Å². The van der Waals surface area contributed by atoms with Gasteiger partial charge in [0, 0.05) is 35.8 Å². The Morgan fingerprint density at radius 1 is 0.385 bits per heavy atom. The van der Waals surface area contributed by atoms with Crippen molar-refractivity contribution in [2.75, 3.05) is 0 Å². The molecule has 0 aromatic heterocycles. The molecule has 0 heterocycles. The predicted molar refractivity (Wildman–Crippen MR) is 73.1 cm³/mol. The number of carboxylic acid groups (broad SMARTS) is 6. The fourth-order valence-electron chi connectivity index (χ4n) is 0. The smallest absolute Gasteiger partial charge is 0.550 e. The standard InChI is InChI=1S/6C2H4O2.C.Mg/c6*1-2(3)4;;/h6*1H3,(H,3,4);;/q;;;;;;+4;+2/p-6. The minimum atomic E-state index is -1.08. The van der Waals surface area contributed by atoms with Gasteiger partial charge in [0.15, 0.2) is 0 Å². The first-order chi connectivity index (χ1) is 10.4. The Labute approximate surface area is 167 Å². The van der Waals surface area contributed by atoms with E-state index >= 15 is 0 Å². The molecule has 0 amide bonds. The molecule has 0 bridgehead atoms. The average Bonchev–Trinajstić information content (AvgIpc) is 2.08. The first kappa shape index (κ1) is 49.5. The third kappa shape index (κ3) is 1570. The maximum atomic E-state index is 8.89. The number of aliphatic carboxylic acids is 6. The van der Waals surface area contributed by atoms with Crippen molar-refractivity contribution in [1.82, 2.24) is 0 Å². The van der Waals surface area contributed by atoms with Gasteiger partial charge in [-0.3, -0.25) is 0 Å². The van der Waals surface area contributed by atoms with Crippen molar-refractivity contribution < 1.29 is 59.4 Å². The SMILES string of the molecule is CC(=O)[O-].CC(=O)[O-].CC(=O)[O-].CC(=O)[O-].CC(=O)[O-].CC(=O)[O-].[C+4].[Mg+2]. The largest absolute Gasteiger partial charge is 4.00 e. The molecule has 0 saturated carbocycles. The second kappa shape index (κ2) is 43.3. The van der Waals surface area contributed by atoms with Crippen LogP contribution in [0.15, 0.2) is 0 Å². The van der Waals surface area contributed by atoms with E-state index in [1.54, 1.807) is 0 Å². The molecule has 0 N–H and O–H groups in total. The number of carboxylic acids is 6. The first-order valence-corrected chi connectivity index (χ1v) is 5.45. The van der Waals surface area contributed by atoms with E-state index < -0.39 is 35.8 Å². The summed E-state index contributed by atoms with van der Waals surface area (Å²) < 4.78 is 0. The van der Waals surface area contributed by atoms with Crippen molar-refractivity contribution in [3.63, 3.8) is 0 Å². The summed E-state index contributed by atoms with van der Waals surface area (Å²) in [5.74, 6) is -6.50. The quantitative estimate of drug-likeness (QED) is 0.350. The molecule has 0 atom stereocenters. The normalized spacial score (nSPS) is 5.77. The number of carbonyl (C=O) groups is 6. The molecule has 0 fully saturated rings. The molecule has 12 nitrogen and oxygen atoms in total. The fraction of sp³-hybridized carbons (Fsp3) is 0.462. The molecule has 0 aliphatic rings. The van der Waals surface area contributed by atoms with Crippen LogP contribution in [0.25, 0.3) is 0 Å². The monoisotopic (exact) mass is 390 g/mol. The van der Waals surface area contributed by atoms with E-state index in [1.165, 1.54) is 0 Å². The van der Waals surface area contributed by atoms with E-state index in [0.29, 0.717) is 0 Å². The van der Waals surface area contributed by atoms with Crippen molar-refractivity contribution in [2.24, 2.45) is 0 Å². The zero-order chi connectivity index (χ0) is 21.5. The van der Waals surface area contributed by atoms with Crippen molar-refractivity contribution in [2.45, 2.75) is 41.5 Å². The van der Waals surface area contributed by atoms with Gasteiger partial charge in [0.2, 0.25) is 0 Å². The number of carbonyl (C=O) groups excluding carboxylic acids is 6. The topological polar surface area (TPSA) is 241 Å². The third-order valence-corrected chi connectivity index (χ3v) is 0. The maximum Gasteiger partial charge on any atom is 4.00 e. The molecule has 13 heteroatoms. The van der Waals surface area contributed by atoms with Crippen LogP contribution in [0.2, 0.25) is 0 Å². The van der Waals surface area contributed by atoms with Crippen molar-refractivity contribution in [1.29, 1.82) is 0 Å². The van der Waals surface area contributed by atoms with E-state index in [4.69, 9.17) is 59.4 Å². The first-order valence-electron chi connectivity index (χ1n) is 5.45. The molecule has 0 radical (unpaired) electrons. The molecule has 0 spiro atoms. The molecule has 26 heavy (non-hydrogen) atoms. The molecule has 144 valence electrons. The summed E-state index contributed by atoms with van der Waals surface area (Å²) in [5.41, 5.74) is 0. The third-order valence-electron chi connectivity index (χ3n) is 0. The van der Waals surface area contributed by atoms with Gasteiger partial charge in [-0.15, -0.1) is 0 Å². The molecule has 0 aliphatic carbocycles. The molecule has 0 rings (SSSR count). The molecule has 0 saturated heterocycles. The van der Waals surface area contributed by atoms with Crippen LogP contribution in [0.3, 0.4) is 0 Å². The Bertz CT molecular complexity index is 262. The van der Waals surface area contributed by atoms with Gasteiger partial charge in [0.1, 0.15) is 0 Å². The van der Waals surface area contributed by atoms with Crippen LogP contribution in [0.1, 0.15) is 41.5 Å². The molecular formula is C13H18MgO12. The summed E-state index contributed by atoms with van der Waals surface area (Å²) in [4.78, 5) is 53.3. The minimum absolute atomic E-state index is 0. The Kier molecular flexibility index (Phi) is 82.5. The van der Waals surface area contributed by atoms with Crippen LogP contribution in [-0.2, 0) is 28.8 Å². The Balaban J connectivity index is -0.0000000245. The minimum Gasteiger partial charge on any atom is -0.550 e. The number of hydrogen-bond donors (Lipinski definition) is 0. The van der Waals surface area contributed by atoms with E-state index in [-0.39, 0.29) is 30.5 Å². The van der Waals surface area contributed by atoms with Gasteiger partial charge < -0.3 is 59.4 Å². The summed E-state index contributed by atoms with van der Waals surface area (Å²) in [7, 11) is 0. The fourth-order valence-corrected chi connectivity index (χ4v) is 0. The number of hydrogen-bond acceptors (Lipinski definition) is 12. The van der Waals surface area contributed by atoms with Crippen LogP contribution in [0.5, 0.6) is 0 Å². The average molecular weight is 391 g/mol. The second-order valence-electron chi connectivity index (χ2n) is 2.95. The Morgan fingerprint density at radius 2 is 0.385 bits per heavy atom. The van der Waals surface area contributed by atoms with Gasteiger partial charge >= 0.3 is 30.5 Å². The van der Waals surface area contributed by atoms with Crippen molar-refractivity contribution in [3.05, 3.63) is 7.43 Å². The van der Waals surface area contributed by atoms with Crippen LogP contribution >= 0.6 is 0 Å². The summed E-state index contributed by atoms with van der Waals surface area (Å²) in [5, 5.41) is 53.3. The van der Waals surface area contributed by atoms with Crippen molar-refractivity contribution in [3.8, 4) is 0 Å². The Morgan fingerprint density at radius 3 is 0.385 bits per heavy atom. The summed E-state index contributed by atoms with van der Waals surface area (Å²) in [6.07, 6.45) is 0.